The summed E-state index contributed by atoms with van der Waals surface area (Å²) in [7, 11) is 0. The van der Waals surface area contributed by atoms with Gasteiger partial charge < -0.3 is 10.6 Å². The predicted molar refractivity (Wildman–Crippen MR) is 138 cm³/mol. The number of thioether (sulfide) groups is 2. The lowest BCUT2D eigenvalue weighted by atomic mass is 10.2. The molecular weight excluding hydrogens is 483 g/mol. The maximum absolute atomic E-state index is 12.2. The van der Waals surface area contributed by atoms with Crippen molar-refractivity contribution in [1.82, 2.24) is 10.6 Å². The molecule has 0 heterocycles. The number of benzene rings is 2. The molecule has 2 aromatic carbocycles. The maximum Gasteiger partial charge on any atom is 0.233 e. The van der Waals surface area contributed by atoms with Crippen LogP contribution >= 0.6 is 46.7 Å². The number of nitrogens with one attached hydrogen (secondary N) is 2. The Morgan fingerprint density at radius 1 is 0.688 bits per heavy atom. The molecule has 2 amide bonds. The first kappa shape index (κ1) is 26.9. The Bertz CT molecular complexity index is 777. The highest BCUT2D eigenvalue weighted by Crippen LogP contribution is 2.25. The van der Waals surface area contributed by atoms with Gasteiger partial charge in [0.1, 0.15) is 0 Å². The van der Waals surface area contributed by atoms with Crippen LogP contribution in [0.3, 0.4) is 0 Å². The predicted octanol–water partition coefficient (Wildman–Crippen LogP) is 6.45. The lowest BCUT2D eigenvalue weighted by molar-refractivity contribution is -0.121. The monoisotopic (exact) mass is 512 g/mol. The first-order valence-electron chi connectivity index (χ1n) is 10.7. The second kappa shape index (κ2) is 14.7. The van der Waals surface area contributed by atoms with E-state index in [1.165, 1.54) is 23.5 Å². The zero-order chi connectivity index (χ0) is 23.3. The van der Waals surface area contributed by atoms with E-state index in [1.807, 2.05) is 62.4 Å². The molecule has 4 nitrogen and oxygen atoms in total. The Hall–Kier alpha value is -1.34. The molecule has 0 spiro atoms. The molecular formula is C24H30Cl2N2O2S2. The fourth-order valence-electron chi connectivity index (χ4n) is 2.86. The molecule has 2 N–H and O–H groups in total. The third-order valence-electron chi connectivity index (χ3n) is 4.69. The zero-order valence-electron chi connectivity index (χ0n) is 18.4. The van der Waals surface area contributed by atoms with Crippen molar-refractivity contribution in [2.75, 3.05) is 13.1 Å². The lowest BCUT2D eigenvalue weighted by Crippen LogP contribution is -2.32. The number of hydrogen-bond acceptors (Lipinski definition) is 4. The number of halogens is 2. The van der Waals surface area contributed by atoms with Crippen LogP contribution in [-0.4, -0.2) is 35.4 Å². The van der Waals surface area contributed by atoms with E-state index in [0.717, 1.165) is 35.5 Å². The molecule has 174 valence electrons. The summed E-state index contributed by atoms with van der Waals surface area (Å²) < 4.78 is 0. The molecule has 2 atom stereocenters. The van der Waals surface area contributed by atoms with Gasteiger partial charge in [0, 0.05) is 32.9 Å². The third kappa shape index (κ3) is 10.5. The third-order valence-corrected chi connectivity index (χ3v) is 7.42. The van der Waals surface area contributed by atoms with Gasteiger partial charge in [0.05, 0.1) is 10.5 Å². The van der Waals surface area contributed by atoms with Crippen LogP contribution in [0.4, 0.5) is 0 Å². The SMILES string of the molecule is C[C@H](Sc1ccc(Cl)cc1)C(=O)NCCCCCCNC(=O)[C@@H](C)Sc1ccc(Cl)cc1. The molecule has 0 unspecified atom stereocenters. The summed E-state index contributed by atoms with van der Waals surface area (Å²) in [5.74, 6) is 0.0915. The van der Waals surface area contributed by atoms with E-state index in [4.69, 9.17) is 23.2 Å². The van der Waals surface area contributed by atoms with Gasteiger partial charge in [-0.2, -0.15) is 0 Å². The van der Waals surface area contributed by atoms with Gasteiger partial charge in [0.25, 0.3) is 0 Å². The van der Waals surface area contributed by atoms with Gasteiger partial charge in [-0.05, 0) is 75.2 Å². The molecule has 0 radical (unpaired) electrons. The van der Waals surface area contributed by atoms with E-state index in [-0.39, 0.29) is 22.3 Å². The van der Waals surface area contributed by atoms with Crippen LogP contribution in [0.25, 0.3) is 0 Å². The van der Waals surface area contributed by atoms with E-state index >= 15 is 0 Å². The molecule has 0 aliphatic rings. The Balaban J connectivity index is 1.49. The normalized spacial score (nSPS) is 12.8. The number of carbonyl (C=O) groups excluding carboxylic acids is 2. The minimum atomic E-state index is -0.154. The minimum Gasteiger partial charge on any atom is -0.355 e. The maximum atomic E-state index is 12.2. The highest BCUT2D eigenvalue weighted by molar-refractivity contribution is 8.00. The van der Waals surface area contributed by atoms with Crippen molar-refractivity contribution in [3.8, 4) is 0 Å². The number of unbranched alkanes of at least 4 members (excludes halogenated alkanes) is 3. The van der Waals surface area contributed by atoms with Crippen LogP contribution in [0.5, 0.6) is 0 Å². The van der Waals surface area contributed by atoms with E-state index in [1.54, 1.807) is 0 Å². The Morgan fingerprint density at radius 2 is 1.03 bits per heavy atom. The summed E-state index contributed by atoms with van der Waals surface area (Å²) in [6.45, 7) is 5.16. The smallest absolute Gasteiger partial charge is 0.233 e. The summed E-state index contributed by atoms with van der Waals surface area (Å²) >= 11 is 14.8. The topological polar surface area (TPSA) is 58.2 Å². The molecule has 2 aromatic rings. The van der Waals surface area contributed by atoms with Crippen LogP contribution in [-0.2, 0) is 9.59 Å². The molecule has 0 bridgehead atoms. The molecule has 8 heteroatoms. The average Bonchev–Trinajstić information content (AvgIpc) is 2.78. The van der Waals surface area contributed by atoms with Gasteiger partial charge >= 0.3 is 0 Å². The standard InChI is InChI=1S/C24H30Cl2N2O2S2/c1-17(31-21-11-7-19(25)8-12-21)23(29)27-15-5-3-4-6-16-28-24(30)18(2)32-22-13-9-20(26)10-14-22/h7-14,17-18H,3-6,15-16H2,1-2H3,(H,27,29)(H,28,30)/t17-,18+. The van der Waals surface area contributed by atoms with Crippen LogP contribution in [0, 0.1) is 0 Å². The van der Waals surface area contributed by atoms with Gasteiger partial charge in [-0.15, -0.1) is 23.5 Å². The van der Waals surface area contributed by atoms with Crippen molar-refractivity contribution in [1.29, 1.82) is 0 Å². The molecule has 0 aromatic heterocycles. The summed E-state index contributed by atoms with van der Waals surface area (Å²) in [6.07, 6.45) is 3.90. The fourth-order valence-corrected chi connectivity index (χ4v) is 4.89. The van der Waals surface area contributed by atoms with E-state index < -0.39 is 0 Å². The summed E-state index contributed by atoms with van der Waals surface area (Å²) in [4.78, 5) is 26.5. The second-order valence-electron chi connectivity index (χ2n) is 7.42. The quantitative estimate of drug-likeness (QED) is 0.239. The number of amides is 2. The average molecular weight is 514 g/mol. The van der Waals surface area contributed by atoms with E-state index in [0.29, 0.717) is 23.1 Å². The molecule has 0 fully saturated rings. The van der Waals surface area contributed by atoms with E-state index in [9.17, 15) is 9.59 Å². The van der Waals surface area contributed by atoms with E-state index in [2.05, 4.69) is 10.6 Å². The van der Waals surface area contributed by atoms with Crippen molar-refractivity contribution in [3.05, 3.63) is 58.6 Å². The Kier molecular flexibility index (Phi) is 12.4. The van der Waals surface area contributed by atoms with Crippen LogP contribution < -0.4 is 10.6 Å². The highest BCUT2D eigenvalue weighted by Gasteiger charge is 2.14. The first-order valence-corrected chi connectivity index (χ1v) is 13.3. The summed E-state index contributed by atoms with van der Waals surface area (Å²) in [6, 6.07) is 15.0. The minimum absolute atomic E-state index is 0.0457. The summed E-state index contributed by atoms with van der Waals surface area (Å²) in [5.41, 5.74) is 0. The van der Waals surface area contributed by atoms with Gasteiger partial charge in [-0.3, -0.25) is 9.59 Å². The Labute approximate surface area is 209 Å². The molecule has 32 heavy (non-hydrogen) atoms. The first-order chi connectivity index (χ1) is 15.3. The molecule has 0 aliphatic carbocycles. The molecule has 0 aliphatic heterocycles. The van der Waals surface area contributed by atoms with Gasteiger partial charge in [-0.1, -0.05) is 36.0 Å². The molecule has 2 rings (SSSR count). The number of rotatable bonds is 13. The highest BCUT2D eigenvalue weighted by atomic mass is 35.5. The largest absolute Gasteiger partial charge is 0.355 e. The van der Waals surface area contributed by atoms with Gasteiger partial charge in [0.2, 0.25) is 11.8 Å². The second-order valence-corrected chi connectivity index (χ2v) is 11.1. The number of hydrogen-bond donors (Lipinski definition) is 2. The molecule has 0 saturated heterocycles. The number of carbonyl (C=O) groups is 2. The van der Waals surface area contributed by atoms with Crippen molar-refractivity contribution in [3.63, 3.8) is 0 Å². The van der Waals surface area contributed by atoms with Crippen molar-refractivity contribution in [2.45, 2.75) is 59.8 Å². The Morgan fingerprint density at radius 3 is 1.38 bits per heavy atom. The van der Waals surface area contributed by atoms with Crippen molar-refractivity contribution in [2.24, 2.45) is 0 Å². The van der Waals surface area contributed by atoms with Crippen LogP contribution in [0.2, 0.25) is 10.0 Å². The fraction of sp³-hybridized carbons (Fsp3) is 0.417. The zero-order valence-corrected chi connectivity index (χ0v) is 21.5. The van der Waals surface area contributed by atoms with Crippen LogP contribution in [0.1, 0.15) is 39.5 Å². The van der Waals surface area contributed by atoms with Gasteiger partial charge in [0.15, 0.2) is 0 Å². The van der Waals surface area contributed by atoms with Gasteiger partial charge in [-0.25, -0.2) is 0 Å². The van der Waals surface area contributed by atoms with Crippen LogP contribution in [0.15, 0.2) is 58.3 Å². The van der Waals surface area contributed by atoms with Crippen molar-refractivity contribution < 1.29 is 9.59 Å². The lowest BCUT2D eigenvalue weighted by Gasteiger charge is -2.13. The van der Waals surface area contributed by atoms with Crippen molar-refractivity contribution >= 4 is 58.5 Å². The summed E-state index contributed by atoms with van der Waals surface area (Å²) in [5, 5.41) is 7.07. The molecule has 0 saturated carbocycles.